The van der Waals surface area contributed by atoms with Crippen molar-refractivity contribution in [3.05, 3.63) is 52.9 Å². The summed E-state index contributed by atoms with van der Waals surface area (Å²) in [6.07, 6.45) is 6.61. The van der Waals surface area contributed by atoms with E-state index in [-0.39, 0.29) is 0 Å². The number of nitrogens with one attached hydrogen (secondary N) is 2. The number of methoxy groups -OCH3 is 1. The zero-order valence-corrected chi connectivity index (χ0v) is 15.1. The molecule has 0 bridgehead atoms. The lowest BCUT2D eigenvalue weighted by Crippen LogP contribution is -2.57. The third kappa shape index (κ3) is 3.59. The van der Waals surface area contributed by atoms with Crippen LogP contribution in [0.4, 0.5) is 0 Å². The van der Waals surface area contributed by atoms with Crippen LogP contribution in [0.25, 0.3) is 0 Å². The third-order valence-corrected chi connectivity index (χ3v) is 5.04. The fourth-order valence-electron chi connectivity index (χ4n) is 3.59. The predicted molar refractivity (Wildman–Crippen MR) is 99.3 cm³/mol. The Morgan fingerprint density at radius 1 is 1.33 bits per heavy atom. The minimum Gasteiger partial charge on any atom is -0.497 e. The molecule has 0 aromatic heterocycles. The highest BCUT2D eigenvalue weighted by molar-refractivity contribution is 5.37. The highest BCUT2D eigenvalue weighted by Crippen LogP contribution is 2.23. The number of nitrogens with zero attached hydrogens (tertiary/aromatic N) is 1. The maximum absolute atomic E-state index is 5.29. The molecule has 1 saturated heterocycles. The summed E-state index contributed by atoms with van der Waals surface area (Å²) in [7, 11) is 1.72. The number of piperazine rings is 1. The molecule has 4 heteroatoms. The zero-order valence-electron chi connectivity index (χ0n) is 15.1. The number of ether oxygens (including phenoxy) is 1. The molecule has 0 saturated carbocycles. The Hall–Kier alpha value is -1.94. The molecule has 2 heterocycles. The topological polar surface area (TPSA) is 36.5 Å². The lowest BCUT2D eigenvalue weighted by atomic mass is 10.0. The molecule has 24 heavy (non-hydrogen) atoms. The predicted octanol–water partition coefficient (Wildman–Crippen LogP) is 2.60. The van der Waals surface area contributed by atoms with E-state index in [0.717, 1.165) is 44.8 Å². The third-order valence-electron chi connectivity index (χ3n) is 5.04. The van der Waals surface area contributed by atoms with Crippen LogP contribution in [0.2, 0.25) is 0 Å². The Bertz CT molecular complexity index is 636. The fraction of sp³-hybridized carbons (Fsp3) is 0.500. The first kappa shape index (κ1) is 16.9. The van der Waals surface area contributed by atoms with Crippen LogP contribution in [0, 0.1) is 6.92 Å². The largest absolute Gasteiger partial charge is 0.497 e. The van der Waals surface area contributed by atoms with Gasteiger partial charge in [0.2, 0.25) is 0 Å². The summed E-state index contributed by atoms with van der Waals surface area (Å²) in [5.74, 6) is 0.927. The van der Waals surface area contributed by atoms with Crippen LogP contribution in [0.3, 0.4) is 0 Å². The van der Waals surface area contributed by atoms with Gasteiger partial charge in [0, 0.05) is 31.9 Å². The van der Waals surface area contributed by atoms with Crippen molar-refractivity contribution in [2.45, 2.75) is 32.7 Å². The van der Waals surface area contributed by atoms with Crippen molar-refractivity contribution >= 4 is 0 Å². The van der Waals surface area contributed by atoms with Crippen molar-refractivity contribution in [2.75, 3.05) is 33.3 Å². The van der Waals surface area contributed by atoms with Crippen LogP contribution in [0.15, 0.2) is 41.7 Å². The zero-order chi connectivity index (χ0) is 16.9. The van der Waals surface area contributed by atoms with Crippen LogP contribution in [-0.2, 0) is 6.42 Å². The second-order valence-electron chi connectivity index (χ2n) is 6.55. The maximum atomic E-state index is 5.29. The van der Waals surface area contributed by atoms with Crippen molar-refractivity contribution in [2.24, 2.45) is 0 Å². The number of hydrogen-bond acceptors (Lipinski definition) is 4. The van der Waals surface area contributed by atoms with Crippen molar-refractivity contribution in [1.29, 1.82) is 0 Å². The highest BCUT2D eigenvalue weighted by Gasteiger charge is 2.28. The Labute approximate surface area is 145 Å². The van der Waals surface area contributed by atoms with Gasteiger partial charge in [-0.3, -0.25) is 0 Å². The molecule has 3 rings (SSSR count). The summed E-state index contributed by atoms with van der Waals surface area (Å²) in [6, 6.07) is 6.88. The van der Waals surface area contributed by atoms with Gasteiger partial charge >= 0.3 is 0 Å². The van der Waals surface area contributed by atoms with Crippen molar-refractivity contribution < 1.29 is 4.74 Å². The number of rotatable bonds is 5. The molecule has 0 aliphatic carbocycles. The van der Waals surface area contributed by atoms with Crippen molar-refractivity contribution in [3.8, 4) is 5.75 Å². The first-order chi connectivity index (χ1) is 11.7. The first-order valence-electron chi connectivity index (χ1n) is 8.97. The minimum atomic E-state index is 0.566. The SMILES string of the molecule is CCC1=C(/C=C\Cc2ccc(OC)cc2C)N2CCNCC2CN1. The van der Waals surface area contributed by atoms with E-state index >= 15 is 0 Å². The van der Waals surface area contributed by atoms with Crippen molar-refractivity contribution in [3.63, 3.8) is 0 Å². The lowest BCUT2D eigenvalue weighted by Gasteiger charge is -2.43. The first-order valence-corrected chi connectivity index (χ1v) is 8.97. The van der Waals surface area contributed by atoms with Crippen LogP contribution in [0.1, 0.15) is 24.5 Å². The molecule has 1 aromatic rings. The molecule has 1 aromatic carbocycles. The van der Waals surface area contributed by atoms with Crippen LogP contribution in [-0.4, -0.2) is 44.2 Å². The minimum absolute atomic E-state index is 0.566. The van der Waals surface area contributed by atoms with Gasteiger partial charge in [-0.1, -0.05) is 19.1 Å². The quantitative estimate of drug-likeness (QED) is 0.872. The standard InChI is InChI=1S/C20H29N3O/c1-4-19-20(23-11-10-21-13-17(23)14-22-19)7-5-6-16-8-9-18(24-3)12-15(16)2/h5,7-9,12,17,21-22H,4,6,10-11,13-14H2,1-3H3/b7-5-. The Balaban J connectivity index is 1.75. The molecule has 4 nitrogen and oxygen atoms in total. The molecule has 0 spiro atoms. The van der Waals surface area contributed by atoms with Gasteiger partial charge in [-0.15, -0.1) is 0 Å². The normalized spacial score (nSPS) is 21.0. The van der Waals surface area contributed by atoms with Crippen LogP contribution in [0.5, 0.6) is 5.75 Å². The van der Waals surface area contributed by atoms with E-state index in [1.54, 1.807) is 7.11 Å². The summed E-state index contributed by atoms with van der Waals surface area (Å²) in [4.78, 5) is 2.57. The number of hydrogen-bond donors (Lipinski definition) is 2. The van der Waals surface area contributed by atoms with Gasteiger partial charge in [0.05, 0.1) is 18.8 Å². The van der Waals surface area contributed by atoms with Crippen LogP contribution >= 0.6 is 0 Å². The van der Waals surface area contributed by atoms with Crippen molar-refractivity contribution in [1.82, 2.24) is 15.5 Å². The number of allylic oxidation sites excluding steroid dienone is 3. The molecule has 0 amide bonds. The van der Waals surface area contributed by atoms with E-state index in [1.807, 2.05) is 6.07 Å². The molecule has 130 valence electrons. The number of aryl methyl sites for hydroxylation is 1. The summed E-state index contributed by atoms with van der Waals surface area (Å²) < 4.78 is 5.29. The summed E-state index contributed by atoms with van der Waals surface area (Å²) in [5, 5.41) is 7.12. The molecule has 2 N–H and O–H groups in total. The van der Waals surface area contributed by atoms with Gasteiger partial charge in [0.25, 0.3) is 0 Å². The van der Waals surface area contributed by atoms with Crippen LogP contribution < -0.4 is 15.4 Å². The van der Waals surface area contributed by atoms with E-state index in [4.69, 9.17) is 4.74 Å². The molecular weight excluding hydrogens is 298 g/mol. The van der Waals surface area contributed by atoms with Gasteiger partial charge in [0.1, 0.15) is 5.75 Å². The maximum Gasteiger partial charge on any atom is 0.119 e. The average molecular weight is 327 g/mol. The highest BCUT2D eigenvalue weighted by atomic mass is 16.5. The summed E-state index contributed by atoms with van der Waals surface area (Å²) >= 11 is 0. The Morgan fingerprint density at radius 2 is 2.21 bits per heavy atom. The Morgan fingerprint density at radius 3 is 2.96 bits per heavy atom. The molecule has 1 atom stereocenters. The molecular formula is C20H29N3O. The summed E-state index contributed by atoms with van der Waals surface area (Å²) in [6.45, 7) is 8.66. The molecule has 2 aliphatic heterocycles. The van der Waals surface area contributed by atoms with E-state index in [9.17, 15) is 0 Å². The average Bonchev–Trinajstić information content (AvgIpc) is 2.63. The lowest BCUT2D eigenvalue weighted by molar-refractivity contribution is 0.194. The monoisotopic (exact) mass is 327 g/mol. The molecule has 1 unspecified atom stereocenters. The van der Waals surface area contributed by atoms with Gasteiger partial charge in [-0.25, -0.2) is 0 Å². The number of benzene rings is 1. The van der Waals surface area contributed by atoms with E-state index in [0.29, 0.717) is 6.04 Å². The van der Waals surface area contributed by atoms with E-state index in [1.165, 1.54) is 22.5 Å². The molecule has 1 fully saturated rings. The van der Waals surface area contributed by atoms with Gasteiger partial charge < -0.3 is 20.3 Å². The van der Waals surface area contributed by atoms with Gasteiger partial charge in [-0.2, -0.15) is 0 Å². The number of fused-ring (bicyclic) bond motifs is 1. The van der Waals surface area contributed by atoms with E-state index < -0.39 is 0 Å². The second-order valence-corrected chi connectivity index (χ2v) is 6.55. The van der Waals surface area contributed by atoms with Gasteiger partial charge in [-0.05, 0) is 49.1 Å². The Kier molecular flexibility index (Phi) is 5.46. The molecule has 0 radical (unpaired) electrons. The smallest absolute Gasteiger partial charge is 0.119 e. The second kappa shape index (κ2) is 7.75. The van der Waals surface area contributed by atoms with Gasteiger partial charge in [0.15, 0.2) is 0 Å². The molecule has 2 aliphatic rings. The summed E-state index contributed by atoms with van der Waals surface area (Å²) in [5.41, 5.74) is 5.38. The van der Waals surface area contributed by atoms with E-state index in [2.05, 4.69) is 53.7 Å². The fourth-order valence-corrected chi connectivity index (χ4v) is 3.59.